The highest BCUT2D eigenvalue weighted by Gasteiger charge is 2.52. The minimum atomic E-state index is -3.97. The first-order valence-corrected chi connectivity index (χ1v) is 7.87. The molecule has 0 saturated heterocycles. The average Bonchev–Trinajstić information content (AvgIpc) is 2.30. The van der Waals surface area contributed by atoms with Crippen LogP contribution in [0, 0.1) is 0 Å². The van der Waals surface area contributed by atoms with Gasteiger partial charge in [-0.05, 0) is 32.9 Å². The molecule has 94 valence electrons. The Morgan fingerprint density at radius 1 is 0.882 bits per heavy atom. The van der Waals surface area contributed by atoms with Crippen molar-refractivity contribution in [2.24, 2.45) is 0 Å². The number of nitrogens with zero attached hydrogens (tertiary/aromatic N) is 1. The molecule has 0 fully saturated rings. The Balaban J connectivity index is 2.89. The monoisotopic (exact) mass is 275 g/mol. The van der Waals surface area contributed by atoms with E-state index in [0.717, 1.165) is 0 Å². The molecule has 0 bridgehead atoms. The van der Waals surface area contributed by atoms with Gasteiger partial charge in [0, 0.05) is 5.54 Å². The van der Waals surface area contributed by atoms with E-state index in [1.54, 1.807) is 20.8 Å². The number of sulfonamides is 2. The molecule has 1 aliphatic heterocycles. The minimum absolute atomic E-state index is 0.144. The van der Waals surface area contributed by atoms with Gasteiger partial charge in [-0.3, -0.25) is 0 Å². The van der Waals surface area contributed by atoms with Gasteiger partial charge in [0.25, 0.3) is 20.0 Å². The Bertz CT molecular complexity index is 616. The maximum atomic E-state index is 12.2. The Morgan fingerprint density at radius 3 is 1.53 bits per heavy atom. The lowest BCUT2D eigenvalue weighted by Crippen LogP contribution is -2.45. The fraction of sp³-hybridized carbons (Fsp3) is 0.400. The zero-order valence-corrected chi connectivity index (χ0v) is 11.3. The molecule has 1 aliphatic rings. The van der Waals surface area contributed by atoms with Crippen LogP contribution in [-0.4, -0.2) is 26.1 Å². The second-order valence-corrected chi connectivity index (χ2v) is 8.57. The quantitative estimate of drug-likeness (QED) is 0.712. The van der Waals surface area contributed by atoms with Gasteiger partial charge in [0.2, 0.25) is 0 Å². The highest BCUT2D eigenvalue weighted by atomic mass is 32.3. The molecule has 0 unspecified atom stereocenters. The van der Waals surface area contributed by atoms with E-state index in [0.29, 0.717) is 3.71 Å². The van der Waals surface area contributed by atoms with Crippen LogP contribution in [0.2, 0.25) is 0 Å². The Kier molecular flexibility index (Phi) is 2.44. The van der Waals surface area contributed by atoms with Crippen LogP contribution in [0.4, 0.5) is 0 Å². The highest BCUT2D eigenvalue weighted by Crippen LogP contribution is 2.40. The molecule has 1 aromatic rings. The summed E-state index contributed by atoms with van der Waals surface area (Å²) in [6.07, 6.45) is 0. The summed E-state index contributed by atoms with van der Waals surface area (Å²) in [5, 5.41) is 0. The van der Waals surface area contributed by atoms with Gasteiger partial charge in [0.1, 0.15) is 9.79 Å². The number of benzene rings is 1. The molecule has 7 heteroatoms. The molecule has 0 spiro atoms. The van der Waals surface area contributed by atoms with Crippen LogP contribution in [-0.2, 0) is 20.0 Å². The van der Waals surface area contributed by atoms with Crippen molar-refractivity contribution in [1.82, 2.24) is 3.71 Å². The molecule has 0 N–H and O–H groups in total. The largest absolute Gasteiger partial charge is 0.258 e. The molecule has 0 amide bonds. The molecule has 5 nitrogen and oxygen atoms in total. The second kappa shape index (κ2) is 3.30. The van der Waals surface area contributed by atoms with Crippen molar-refractivity contribution in [3.63, 3.8) is 0 Å². The van der Waals surface area contributed by atoms with E-state index in [1.165, 1.54) is 24.3 Å². The van der Waals surface area contributed by atoms with Crippen LogP contribution in [0.25, 0.3) is 0 Å². The maximum absolute atomic E-state index is 12.2. The van der Waals surface area contributed by atoms with E-state index in [-0.39, 0.29) is 9.79 Å². The average molecular weight is 275 g/mol. The summed E-state index contributed by atoms with van der Waals surface area (Å²) in [5.74, 6) is 0. The first kappa shape index (κ1) is 12.5. The summed E-state index contributed by atoms with van der Waals surface area (Å²) in [4.78, 5) is -0.287. The van der Waals surface area contributed by atoms with Crippen molar-refractivity contribution in [3.05, 3.63) is 24.3 Å². The van der Waals surface area contributed by atoms with E-state index in [1.807, 2.05) is 0 Å². The maximum Gasteiger partial charge on any atom is 0.258 e. The number of fused-ring (bicyclic) bond motifs is 1. The van der Waals surface area contributed by atoms with Crippen molar-refractivity contribution >= 4 is 20.0 Å². The third kappa shape index (κ3) is 1.61. The zero-order chi connectivity index (χ0) is 13.1. The normalized spacial score (nSPS) is 22.3. The molecule has 0 radical (unpaired) electrons. The lowest BCUT2D eigenvalue weighted by Gasteiger charge is -2.28. The molecule has 0 atom stereocenters. The Hall–Kier alpha value is -0.920. The van der Waals surface area contributed by atoms with Gasteiger partial charge in [0.05, 0.1) is 0 Å². The van der Waals surface area contributed by atoms with Crippen molar-refractivity contribution in [1.29, 1.82) is 0 Å². The molecular weight excluding hydrogens is 262 g/mol. The van der Waals surface area contributed by atoms with Gasteiger partial charge in [0.15, 0.2) is 0 Å². The topological polar surface area (TPSA) is 71.5 Å². The summed E-state index contributed by atoms with van der Waals surface area (Å²) in [6.45, 7) is 4.65. The van der Waals surface area contributed by atoms with E-state index in [4.69, 9.17) is 0 Å². The summed E-state index contributed by atoms with van der Waals surface area (Å²) in [5.41, 5.74) is -1.02. The molecule has 0 saturated carbocycles. The molecule has 17 heavy (non-hydrogen) atoms. The zero-order valence-electron chi connectivity index (χ0n) is 9.71. The summed E-state index contributed by atoms with van der Waals surface area (Å²) in [6, 6.07) is 5.65. The molecule has 1 aromatic carbocycles. The highest BCUT2D eigenvalue weighted by molar-refractivity contribution is 8.06. The number of hydrogen-bond donors (Lipinski definition) is 0. The van der Waals surface area contributed by atoms with Crippen molar-refractivity contribution in [2.75, 3.05) is 0 Å². The number of hydrogen-bond acceptors (Lipinski definition) is 4. The predicted octanol–water partition coefficient (Wildman–Crippen LogP) is 1.18. The minimum Gasteiger partial charge on any atom is -0.206 e. The first-order valence-electron chi connectivity index (χ1n) is 4.99. The van der Waals surface area contributed by atoms with E-state index in [2.05, 4.69) is 0 Å². The van der Waals surface area contributed by atoms with Crippen LogP contribution >= 0.6 is 0 Å². The van der Waals surface area contributed by atoms with Crippen molar-refractivity contribution in [3.8, 4) is 0 Å². The van der Waals surface area contributed by atoms with Crippen LogP contribution in [0.5, 0.6) is 0 Å². The molecule has 0 aromatic heterocycles. The third-order valence-electron chi connectivity index (χ3n) is 2.39. The predicted molar refractivity (Wildman–Crippen MR) is 62.4 cm³/mol. The Morgan fingerprint density at radius 2 is 1.24 bits per heavy atom. The van der Waals surface area contributed by atoms with Crippen LogP contribution < -0.4 is 0 Å². The van der Waals surface area contributed by atoms with Crippen LogP contribution in [0.1, 0.15) is 20.8 Å². The van der Waals surface area contributed by atoms with E-state index < -0.39 is 25.6 Å². The fourth-order valence-electron chi connectivity index (χ4n) is 1.91. The van der Waals surface area contributed by atoms with Gasteiger partial charge in [-0.25, -0.2) is 16.8 Å². The van der Waals surface area contributed by atoms with Gasteiger partial charge < -0.3 is 0 Å². The summed E-state index contributed by atoms with van der Waals surface area (Å²) < 4.78 is 49.4. The lowest BCUT2D eigenvalue weighted by atomic mass is 10.1. The van der Waals surface area contributed by atoms with Gasteiger partial charge in [-0.1, -0.05) is 15.8 Å². The van der Waals surface area contributed by atoms with E-state index >= 15 is 0 Å². The summed E-state index contributed by atoms with van der Waals surface area (Å²) in [7, 11) is -7.93. The van der Waals surface area contributed by atoms with E-state index in [9.17, 15) is 16.8 Å². The van der Waals surface area contributed by atoms with Gasteiger partial charge in [-0.2, -0.15) is 0 Å². The second-order valence-electron chi connectivity index (χ2n) is 4.82. The third-order valence-corrected chi connectivity index (χ3v) is 7.49. The van der Waals surface area contributed by atoms with Gasteiger partial charge in [-0.15, -0.1) is 0 Å². The fourth-order valence-corrected chi connectivity index (χ4v) is 7.00. The first-order chi connectivity index (χ1) is 7.59. The molecule has 0 aliphatic carbocycles. The SMILES string of the molecule is CC(C)(C)N1S(=O)(=O)c2ccccc2S1(=O)=O. The van der Waals surface area contributed by atoms with Gasteiger partial charge >= 0.3 is 0 Å². The molecule has 2 rings (SSSR count). The van der Waals surface area contributed by atoms with Crippen LogP contribution in [0.15, 0.2) is 34.1 Å². The van der Waals surface area contributed by atoms with Crippen LogP contribution in [0.3, 0.4) is 0 Å². The standard InChI is InChI=1S/C10H13NO4S2/c1-10(2,3)11-16(12,13)8-6-4-5-7-9(8)17(11,14)15/h4-7H,1-3H3. The smallest absolute Gasteiger partial charge is 0.206 e. The Labute approximate surface area is 101 Å². The van der Waals surface area contributed by atoms with Crippen molar-refractivity contribution in [2.45, 2.75) is 36.1 Å². The molecular formula is C10H13NO4S2. The number of rotatable bonds is 0. The summed E-state index contributed by atoms with van der Waals surface area (Å²) >= 11 is 0. The molecule has 1 heterocycles. The lowest BCUT2D eigenvalue weighted by molar-refractivity contribution is 0.357. The van der Waals surface area contributed by atoms with Crippen molar-refractivity contribution < 1.29 is 16.8 Å².